The minimum Gasteiger partial charge on any atom is -0.383 e. The van der Waals surface area contributed by atoms with E-state index < -0.39 is 0 Å². The van der Waals surface area contributed by atoms with E-state index in [0.717, 1.165) is 12.4 Å². The van der Waals surface area contributed by atoms with Crippen molar-refractivity contribution in [2.45, 2.75) is 45.7 Å². The van der Waals surface area contributed by atoms with E-state index in [1.54, 1.807) is 16.9 Å². The molecule has 126 valence electrons. The minimum absolute atomic E-state index is 0.421. The van der Waals surface area contributed by atoms with Gasteiger partial charge in [-0.05, 0) is 23.8 Å². The Morgan fingerprint density at radius 2 is 2.00 bits per heavy atom. The van der Waals surface area contributed by atoms with Crippen LogP contribution < -0.4 is 9.80 Å². The molecular weight excluding hydrogens is 280 g/mol. The molecule has 0 aliphatic carbocycles. The number of aromatic nitrogens is 4. The minimum atomic E-state index is 0.421. The number of methoxy groups -OCH3 is 1. The zero-order valence-electron chi connectivity index (χ0n) is 14.3. The van der Waals surface area contributed by atoms with Crippen LogP contribution in [0.4, 0.5) is 0 Å². The third-order valence-corrected chi connectivity index (χ3v) is 4.82. The molecule has 0 unspecified atom stereocenters. The van der Waals surface area contributed by atoms with Crippen molar-refractivity contribution in [3.63, 3.8) is 0 Å². The number of nitrogens with zero attached hydrogens (tertiary/aromatic N) is 4. The van der Waals surface area contributed by atoms with Crippen molar-refractivity contribution in [2.75, 3.05) is 46.4 Å². The van der Waals surface area contributed by atoms with E-state index in [0.29, 0.717) is 12.6 Å². The lowest BCUT2D eigenvalue weighted by Crippen LogP contribution is -3.28. The second-order valence-corrected chi connectivity index (χ2v) is 6.21. The van der Waals surface area contributed by atoms with Gasteiger partial charge in [0, 0.05) is 13.5 Å². The maximum atomic E-state index is 5.18. The van der Waals surface area contributed by atoms with E-state index in [4.69, 9.17) is 4.74 Å². The first-order chi connectivity index (χ1) is 10.8. The molecule has 1 aliphatic rings. The Labute approximate surface area is 133 Å². The van der Waals surface area contributed by atoms with Gasteiger partial charge in [0.1, 0.15) is 32.2 Å². The fraction of sp³-hybridized carbons (Fsp3) is 0.933. The number of piperazine rings is 1. The van der Waals surface area contributed by atoms with Crippen molar-refractivity contribution in [2.24, 2.45) is 0 Å². The van der Waals surface area contributed by atoms with Crippen molar-refractivity contribution >= 4 is 0 Å². The molecule has 0 spiro atoms. The molecule has 0 amide bonds. The second kappa shape index (κ2) is 9.17. The van der Waals surface area contributed by atoms with Gasteiger partial charge in [0.15, 0.2) is 0 Å². The number of likely N-dealkylation sites (N-methyl/N-ethyl adjacent to an activating group) is 1. The summed E-state index contributed by atoms with van der Waals surface area (Å²) in [6.07, 6.45) is 3.62. The molecule has 0 bridgehead atoms. The van der Waals surface area contributed by atoms with Gasteiger partial charge in [-0.25, -0.2) is 4.68 Å². The van der Waals surface area contributed by atoms with Gasteiger partial charge in [0.2, 0.25) is 5.82 Å². The third kappa shape index (κ3) is 4.47. The number of rotatable bonds is 9. The highest BCUT2D eigenvalue weighted by Gasteiger charge is 2.33. The molecule has 1 saturated heterocycles. The molecule has 0 radical (unpaired) electrons. The van der Waals surface area contributed by atoms with Crippen LogP contribution in [-0.4, -0.2) is 66.6 Å². The van der Waals surface area contributed by atoms with Gasteiger partial charge >= 0.3 is 0 Å². The Balaban J connectivity index is 2.07. The number of tetrazole rings is 1. The first-order valence-electron chi connectivity index (χ1n) is 8.73. The second-order valence-electron chi connectivity index (χ2n) is 6.21. The molecule has 0 saturated carbocycles. The zero-order valence-corrected chi connectivity index (χ0v) is 14.3. The van der Waals surface area contributed by atoms with Crippen LogP contribution in [0.15, 0.2) is 0 Å². The first-order valence-corrected chi connectivity index (χ1v) is 8.73. The number of hydrogen-bond donors (Lipinski definition) is 2. The summed E-state index contributed by atoms with van der Waals surface area (Å²) in [7, 11) is 1.72. The van der Waals surface area contributed by atoms with Gasteiger partial charge in [-0.2, -0.15) is 0 Å². The Morgan fingerprint density at radius 1 is 1.23 bits per heavy atom. The summed E-state index contributed by atoms with van der Waals surface area (Å²) in [6, 6.07) is 0.421. The van der Waals surface area contributed by atoms with Gasteiger partial charge in [0.25, 0.3) is 0 Å². The molecule has 1 fully saturated rings. The maximum Gasteiger partial charge on any atom is 0.209 e. The molecule has 1 aliphatic heterocycles. The van der Waals surface area contributed by atoms with Crippen molar-refractivity contribution in [3.8, 4) is 0 Å². The van der Waals surface area contributed by atoms with Gasteiger partial charge in [0.05, 0.1) is 19.7 Å². The smallest absolute Gasteiger partial charge is 0.209 e. The van der Waals surface area contributed by atoms with E-state index in [1.807, 2.05) is 4.68 Å². The van der Waals surface area contributed by atoms with E-state index in [9.17, 15) is 0 Å². The van der Waals surface area contributed by atoms with Crippen molar-refractivity contribution in [1.82, 2.24) is 20.2 Å². The van der Waals surface area contributed by atoms with Crippen molar-refractivity contribution in [1.29, 1.82) is 0 Å². The summed E-state index contributed by atoms with van der Waals surface area (Å²) in [4.78, 5) is 3.37. The number of ether oxygens (including phenoxy) is 1. The SMILES string of the molecule is CCCC[C@H](c1nnnn1CCOC)[NH+]1CC[NH+](CC)CC1. The number of nitrogens with one attached hydrogen (secondary N) is 2. The summed E-state index contributed by atoms with van der Waals surface area (Å²) in [5.41, 5.74) is 0. The third-order valence-electron chi connectivity index (χ3n) is 4.82. The van der Waals surface area contributed by atoms with Crippen LogP contribution in [0.1, 0.15) is 45.0 Å². The topological polar surface area (TPSA) is 61.7 Å². The van der Waals surface area contributed by atoms with Crippen LogP contribution in [0.2, 0.25) is 0 Å². The maximum absolute atomic E-state index is 5.18. The lowest BCUT2D eigenvalue weighted by atomic mass is 10.1. The van der Waals surface area contributed by atoms with Crippen LogP contribution in [0.3, 0.4) is 0 Å². The summed E-state index contributed by atoms with van der Waals surface area (Å²) in [5.74, 6) is 1.04. The summed E-state index contributed by atoms with van der Waals surface area (Å²) >= 11 is 0. The monoisotopic (exact) mass is 312 g/mol. The molecule has 22 heavy (non-hydrogen) atoms. The van der Waals surface area contributed by atoms with Gasteiger partial charge in [-0.1, -0.05) is 13.3 Å². The van der Waals surface area contributed by atoms with Crippen LogP contribution in [0.25, 0.3) is 0 Å². The van der Waals surface area contributed by atoms with E-state index in [1.165, 1.54) is 52.0 Å². The average Bonchev–Trinajstić information content (AvgIpc) is 3.02. The fourth-order valence-corrected chi connectivity index (χ4v) is 3.35. The Hall–Kier alpha value is -1.05. The standard InChI is InChI=1S/C15H30N6O/c1-4-6-7-14(20-10-8-19(5-2)9-11-20)15-16-17-18-21(15)12-13-22-3/h14H,4-13H2,1-3H3/p+2/t14-/m1/s1. The molecule has 2 rings (SSSR count). The first kappa shape index (κ1) is 17.3. The summed E-state index contributed by atoms with van der Waals surface area (Å²) in [6.45, 7) is 12.1. The number of unbranched alkanes of at least 4 members (excludes halogenated alkanes) is 1. The molecule has 0 aromatic carbocycles. The highest BCUT2D eigenvalue weighted by atomic mass is 16.5. The molecule has 2 N–H and O–H groups in total. The van der Waals surface area contributed by atoms with Gasteiger partial charge < -0.3 is 14.5 Å². The predicted octanol–water partition coefficient (Wildman–Crippen LogP) is -1.65. The fourth-order valence-electron chi connectivity index (χ4n) is 3.35. The van der Waals surface area contributed by atoms with E-state index in [-0.39, 0.29) is 0 Å². The molecule has 2 heterocycles. The average molecular weight is 312 g/mol. The lowest BCUT2D eigenvalue weighted by Gasteiger charge is -2.33. The highest BCUT2D eigenvalue weighted by molar-refractivity contribution is 4.87. The quantitative estimate of drug-likeness (QED) is 0.574. The number of hydrogen-bond acceptors (Lipinski definition) is 4. The van der Waals surface area contributed by atoms with Crippen LogP contribution in [0, 0.1) is 0 Å². The van der Waals surface area contributed by atoms with Gasteiger partial charge in [-0.15, -0.1) is 5.10 Å². The zero-order chi connectivity index (χ0) is 15.8. The molecule has 7 nitrogen and oxygen atoms in total. The van der Waals surface area contributed by atoms with Crippen molar-refractivity contribution < 1.29 is 14.5 Å². The molecular formula is C15H32N6O+2. The molecule has 1 aromatic rings. The largest absolute Gasteiger partial charge is 0.383 e. The normalized spacial score (nSPS) is 23.6. The van der Waals surface area contributed by atoms with Crippen LogP contribution in [0.5, 0.6) is 0 Å². The molecule has 7 heteroatoms. The number of quaternary nitrogens is 2. The van der Waals surface area contributed by atoms with E-state index >= 15 is 0 Å². The molecule has 1 atom stereocenters. The summed E-state index contributed by atoms with van der Waals surface area (Å²) < 4.78 is 7.12. The Kier molecular flexibility index (Phi) is 7.21. The van der Waals surface area contributed by atoms with Crippen molar-refractivity contribution in [3.05, 3.63) is 5.82 Å². The van der Waals surface area contributed by atoms with E-state index in [2.05, 4.69) is 29.4 Å². The highest BCUT2D eigenvalue weighted by Crippen LogP contribution is 2.13. The molecule has 1 aromatic heterocycles. The summed E-state index contributed by atoms with van der Waals surface area (Å²) in [5, 5.41) is 12.4. The Bertz CT molecular complexity index is 416. The predicted molar refractivity (Wildman–Crippen MR) is 83.9 cm³/mol. The lowest BCUT2D eigenvalue weighted by molar-refractivity contribution is -1.03. The van der Waals surface area contributed by atoms with Gasteiger partial charge in [-0.3, -0.25) is 0 Å². The Morgan fingerprint density at radius 3 is 2.64 bits per heavy atom. The van der Waals surface area contributed by atoms with Crippen LogP contribution >= 0.6 is 0 Å². The van der Waals surface area contributed by atoms with Crippen LogP contribution in [-0.2, 0) is 11.3 Å².